The van der Waals surface area contributed by atoms with Crippen molar-refractivity contribution in [1.82, 2.24) is 10.1 Å². The summed E-state index contributed by atoms with van der Waals surface area (Å²) in [7, 11) is 4.83. The predicted molar refractivity (Wildman–Crippen MR) is 95.1 cm³/mol. The zero-order valence-electron chi connectivity index (χ0n) is 15.4. The third kappa shape index (κ3) is 4.16. The largest absolute Gasteiger partial charge is 0.497 e. The topological polar surface area (TPSA) is 74.0 Å². The summed E-state index contributed by atoms with van der Waals surface area (Å²) in [4.78, 5) is 14.2. The maximum atomic E-state index is 12.5. The Kier molecular flexibility index (Phi) is 5.78. The van der Waals surface area contributed by atoms with Gasteiger partial charge in [0.25, 0.3) is 0 Å². The Bertz CT molecular complexity index is 754. The predicted octanol–water partition coefficient (Wildman–Crippen LogP) is 2.74. The van der Waals surface area contributed by atoms with Crippen LogP contribution in [0, 0.1) is 5.92 Å². The van der Waals surface area contributed by atoms with E-state index in [-0.39, 0.29) is 11.8 Å². The van der Waals surface area contributed by atoms with E-state index in [2.05, 4.69) is 5.16 Å². The van der Waals surface area contributed by atoms with Crippen molar-refractivity contribution in [2.45, 2.75) is 19.4 Å². The van der Waals surface area contributed by atoms with Gasteiger partial charge in [0.15, 0.2) is 5.76 Å². The highest BCUT2D eigenvalue weighted by atomic mass is 16.5. The second-order valence-electron chi connectivity index (χ2n) is 6.28. The fourth-order valence-electron chi connectivity index (χ4n) is 2.77. The monoisotopic (exact) mass is 360 g/mol. The van der Waals surface area contributed by atoms with Crippen LogP contribution in [-0.2, 0) is 16.1 Å². The SMILES string of the molecule is COCCN(Cc1cc(-c2cc(OC)ccc2OC)on1)C(=O)C1CC1. The van der Waals surface area contributed by atoms with E-state index in [4.69, 9.17) is 18.7 Å². The Labute approximate surface area is 152 Å². The molecule has 1 saturated carbocycles. The molecule has 0 bridgehead atoms. The summed E-state index contributed by atoms with van der Waals surface area (Å²) >= 11 is 0. The van der Waals surface area contributed by atoms with Gasteiger partial charge in [-0.3, -0.25) is 4.79 Å². The summed E-state index contributed by atoms with van der Waals surface area (Å²) in [6, 6.07) is 7.30. The van der Waals surface area contributed by atoms with Gasteiger partial charge in [-0.1, -0.05) is 5.16 Å². The molecular weight excluding hydrogens is 336 g/mol. The third-order valence-electron chi connectivity index (χ3n) is 4.39. The summed E-state index contributed by atoms with van der Waals surface area (Å²) in [5, 5.41) is 4.13. The van der Waals surface area contributed by atoms with Gasteiger partial charge in [-0.05, 0) is 31.0 Å². The van der Waals surface area contributed by atoms with Crippen molar-refractivity contribution in [2.75, 3.05) is 34.5 Å². The van der Waals surface area contributed by atoms with E-state index in [1.54, 1.807) is 26.2 Å². The first-order valence-electron chi connectivity index (χ1n) is 8.62. The lowest BCUT2D eigenvalue weighted by molar-refractivity contribution is -0.133. The lowest BCUT2D eigenvalue weighted by Gasteiger charge is -2.21. The van der Waals surface area contributed by atoms with Gasteiger partial charge in [-0.15, -0.1) is 0 Å². The van der Waals surface area contributed by atoms with Crippen LogP contribution in [0.15, 0.2) is 28.8 Å². The van der Waals surface area contributed by atoms with Crippen molar-refractivity contribution in [3.8, 4) is 22.8 Å². The van der Waals surface area contributed by atoms with E-state index < -0.39 is 0 Å². The maximum absolute atomic E-state index is 12.5. The molecule has 7 nitrogen and oxygen atoms in total. The van der Waals surface area contributed by atoms with Crippen LogP contribution in [0.4, 0.5) is 0 Å². The molecule has 0 saturated heterocycles. The Morgan fingerprint density at radius 3 is 2.69 bits per heavy atom. The lowest BCUT2D eigenvalue weighted by atomic mass is 10.1. The van der Waals surface area contributed by atoms with Gasteiger partial charge in [-0.2, -0.15) is 0 Å². The van der Waals surface area contributed by atoms with Crippen LogP contribution in [0.2, 0.25) is 0 Å². The minimum atomic E-state index is 0.150. The molecule has 0 spiro atoms. The fourth-order valence-corrected chi connectivity index (χ4v) is 2.77. The number of amides is 1. The molecule has 1 aromatic carbocycles. The molecule has 0 atom stereocenters. The van der Waals surface area contributed by atoms with Crippen LogP contribution in [0.3, 0.4) is 0 Å². The molecule has 26 heavy (non-hydrogen) atoms. The summed E-state index contributed by atoms with van der Waals surface area (Å²) in [6.07, 6.45) is 1.93. The number of ether oxygens (including phenoxy) is 3. The van der Waals surface area contributed by atoms with Crippen LogP contribution in [0.25, 0.3) is 11.3 Å². The van der Waals surface area contributed by atoms with Gasteiger partial charge >= 0.3 is 0 Å². The lowest BCUT2D eigenvalue weighted by Crippen LogP contribution is -2.34. The number of nitrogens with zero attached hydrogens (tertiary/aromatic N) is 2. The molecule has 140 valence electrons. The van der Waals surface area contributed by atoms with Gasteiger partial charge in [0, 0.05) is 25.6 Å². The molecule has 3 rings (SSSR count). The normalized spacial score (nSPS) is 13.5. The molecular formula is C19H24N2O5. The van der Waals surface area contributed by atoms with E-state index in [0.29, 0.717) is 42.6 Å². The summed E-state index contributed by atoms with van der Waals surface area (Å²) in [5.74, 6) is 2.24. The minimum Gasteiger partial charge on any atom is -0.497 e. The van der Waals surface area contributed by atoms with Crippen LogP contribution in [0.1, 0.15) is 18.5 Å². The third-order valence-corrected chi connectivity index (χ3v) is 4.39. The van der Waals surface area contributed by atoms with Crippen molar-refractivity contribution in [2.24, 2.45) is 5.92 Å². The summed E-state index contributed by atoms with van der Waals surface area (Å²) in [6.45, 7) is 1.43. The molecule has 2 aromatic rings. The number of rotatable bonds is 9. The van der Waals surface area contributed by atoms with Crippen LogP contribution >= 0.6 is 0 Å². The van der Waals surface area contributed by atoms with Crippen LogP contribution in [0.5, 0.6) is 11.5 Å². The Balaban J connectivity index is 1.79. The van der Waals surface area contributed by atoms with Gasteiger partial charge in [0.2, 0.25) is 5.91 Å². The molecule has 1 amide bonds. The molecule has 1 aliphatic rings. The zero-order valence-corrected chi connectivity index (χ0v) is 15.4. The average molecular weight is 360 g/mol. The van der Waals surface area contributed by atoms with Gasteiger partial charge in [0.1, 0.15) is 17.2 Å². The van der Waals surface area contributed by atoms with Crippen molar-refractivity contribution in [3.05, 3.63) is 30.0 Å². The molecule has 1 heterocycles. The van der Waals surface area contributed by atoms with Gasteiger partial charge < -0.3 is 23.6 Å². The molecule has 1 aliphatic carbocycles. The first-order chi connectivity index (χ1) is 12.7. The Hall–Kier alpha value is -2.54. The number of hydrogen-bond acceptors (Lipinski definition) is 6. The molecule has 7 heteroatoms. The zero-order chi connectivity index (χ0) is 18.5. The van der Waals surface area contributed by atoms with Gasteiger partial charge in [-0.25, -0.2) is 0 Å². The van der Waals surface area contributed by atoms with Gasteiger partial charge in [0.05, 0.1) is 32.9 Å². The van der Waals surface area contributed by atoms with Crippen molar-refractivity contribution >= 4 is 5.91 Å². The van der Waals surface area contributed by atoms with E-state index in [9.17, 15) is 4.79 Å². The highest BCUT2D eigenvalue weighted by Gasteiger charge is 2.33. The van der Waals surface area contributed by atoms with E-state index >= 15 is 0 Å². The Morgan fingerprint density at radius 1 is 1.23 bits per heavy atom. The Morgan fingerprint density at radius 2 is 2.04 bits per heavy atom. The maximum Gasteiger partial charge on any atom is 0.226 e. The van der Waals surface area contributed by atoms with Crippen molar-refractivity contribution in [1.29, 1.82) is 0 Å². The molecule has 0 N–H and O–H groups in total. The summed E-state index contributed by atoms with van der Waals surface area (Å²) in [5.41, 5.74) is 1.44. The highest BCUT2D eigenvalue weighted by molar-refractivity contribution is 5.81. The molecule has 0 unspecified atom stereocenters. The van der Waals surface area contributed by atoms with Crippen molar-refractivity contribution < 1.29 is 23.5 Å². The van der Waals surface area contributed by atoms with Crippen molar-refractivity contribution in [3.63, 3.8) is 0 Å². The number of carbonyl (C=O) groups is 1. The van der Waals surface area contributed by atoms with E-state index in [1.807, 2.05) is 24.3 Å². The molecule has 0 radical (unpaired) electrons. The van der Waals surface area contributed by atoms with E-state index in [1.165, 1.54) is 0 Å². The van der Waals surface area contributed by atoms with Crippen LogP contribution < -0.4 is 9.47 Å². The number of aromatic nitrogens is 1. The van der Waals surface area contributed by atoms with E-state index in [0.717, 1.165) is 18.4 Å². The standard InChI is InChI=1S/C19H24N2O5/c1-23-9-8-21(19(22)13-4-5-13)12-14-10-18(26-20-14)16-11-15(24-2)6-7-17(16)25-3/h6-7,10-11,13H,4-5,8-9,12H2,1-3H3. The minimum absolute atomic E-state index is 0.150. The number of hydrogen-bond donors (Lipinski definition) is 0. The second-order valence-corrected chi connectivity index (χ2v) is 6.28. The first kappa shape index (κ1) is 18.3. The summed E-state index contributed by atoms with van der Waals surface area (Å²) < 4.78 is 21.3. The quantitative estimate of drug-likeness (QED) is 0.685. The number of benzene rings is 1. The second kappa shape index (κ2) is 8.23. The number of carbonyl (C=O) groups excluding carboxylic acids is 1. The molecule has 1 aromatic heterocycles. The molecule has 1 fully saturated rings. The first-order valence-corrected chi connectivity index (χ1v) is 8.62. The number of methoxy groups -OCH3 is 3. The fraction of sp³-hybridized carbons (Fsp3) is 0.474. The van der Waals surface area contributed by atoms with Crippen LogP contribution in [-0.4, -0.2) is 50.4 Å². The average Bonchev–Trinajstić information content (AvgIpc) is 3.42. The smallest absolute Gasteiger partial charge is 0.226 e. The molecule has 0 aliphatic heterocycles. The highest BCUT2D eigenvalue weighted by Crippen LogP contribution is 2.34.